The third-order valence-corrected chi connectivity index (χ3v) is 4.92. The minimum absolute atomic E-state index is 0.0994. The average molecular weight is 296 g/mol. The van der Waals surface area contributed by atoms with E-state index in [-0.39, 0.29) is 5.91 Å². The summed E-state index contributed by atoms with van der Waals surface area (Å²) in [6.45, 7) is 5.34. The van der Waals surface area contributed by atoms with Crippen molar-refractivity contribution in [2.75, 3.05) is 19.6 Å². The van der Waals surface area contributed by atoms with Crippen LogP contribution in [0.15, 0.2) is 12.3 Å². The third-order valence-electron chi connectivity index (χ3n) is 4.70. The Hall–Kier alpha value is -1.00. The summed E-state index contributed by atoms with van der Waals surface area (Å²) in [4.78, 5) is 20.2. The standard InChI is InChI=1S/C15H22ClN3O/c1-2-18-7-3-5-13(18)14-6-4-8-19(14)15(20)12-9-11(16)10-17-12/h9-10,13-14,17H,2-8H2,1H3/t13-,14-/m1/s1. The summed E-state index contributed by atoms with van der Waals surface area (Å²) in [7, 11) is 0. The number of likely N-dealkylation sites (tertiary alicyclic amines) is 2. The number of nitrogens with one attached hydrogen (secondary N) is 1. The number of amides is 1. The number of carbonyl (C=O) groups is 1. The van der Waals surface area contributed by atoms with Crippen molar-refractivity contribution in [3.05, 3.63) is 23.0 Å². The first-order valence-electron chi connectivity index (χ1n) is 7.59. The minimum Gasteiger partial charge on any atom is -0.356 e. The second-order valence-electron chi connectivity index (χ2n) is 5.78. The van der Waals surface area contributed by atoms with Crippen molar-refractivity contribution in [3.8, 4) is 0 Å². The van der Waals surface area contributed by atoms with Gasteiger partial charge in [0.15, 0.2) is 0 Å². The van der Waals surface area contributed by atoms with Crippen molar-refractivity contribution in [2.24, 2.45) is 0 Å². The predicted molar refractivity (Wildman–Crippen MR) is 80.1 cm³/mol. The molecule has 2 aliphatic heterocycles. The lowest BCUT2D eigenvalue weighted by molar-refractivity contribution is 0.0645. The lowest BCUT2D eigenvalue weighted by Gasteiger charge is -2.34. The molecule has 1 aromatic heterocycles. The van der Waals surface area contributed by atoms with Crippen LogP contribution in [0.3, 0.4) is 0 Å². The molecule has 1 amide bonds. The van der Waals surface area contributed by atoms with Gasteiger partial charge in [0, 0.05) is 24.8 Å². The van der Waals surface area contributed by atoms with Crippen LogP contribution >= 0.6 is 11.6 Å². The SMILES string of the molecule is CCN1CCC[C@@H]1[C@H]1CCCN1C(=O)c1cc(Cl)c[nH]1. The van der Waals surface area contributed by atoms with Gasteiger partial charge in [0.25, 0.3) is 5.91 Å². The summed E-state index contributed by atoms with van der Waals surface area (Å²) in [5, 5.41) is 0.597. The summed E-state index contributed by atoms with van der Waals surface area (Å²) in [6, 6.07) is 2.63. The molecule has 2 aliphatic rings. The number of aromatic amines is 1. The molecule has 110 valence electrons. The molecular weight excluding hydrogens is 274 g/mol. The maximum absolute atomic E-state index is 12.6. The third kappa shape index (κ3) is 2.47. The number of halogens is 1. The monoisotopic (exact) mass is 295 g/mol. The van der Waals surface area contributed by atoms with E-state index in [1.54, 1.807) is 12.3 Å². The van der Waals surface area contributed by atoms with Crippen molar-refractivity contribution in [2.45, 2.75) is 44.7 Å². The summed E-state index contributed by atoms with van der Waals surface area (Å²) in [5.74, 6) is 0.0994. The second-order valence-corrected chi connectivity index (χ2v) is 6.21. The summed E-state index contributed by atoms with van der Waals surface area (Å²) < 4.78 is 0. The number of rotatable bonds is 3. The molecule has 0 radical (unpaired) electrons. The molecule has 0 unspecified atom stereocenters. The molecule has 3 rings (SSSR count). The number of nitrogens with zero attached hydrogens (tertiary/aromatic N) is 2. The molecule has 1 N–H and O–H groups in total. The largest absolute Gasteiger partial charge is 0.356 e. The molecule has 4 nitrogen and oxygen atoms in total. The topological polar surface area (TPSA) is 39.3 Å². The van der Waals surface area contributed by atoms with Gasteiger partial charge in [-0.05, 0) is 44.8 Å². The van der Waals surface area contributed by atoms with Gasteiger partial charge in [-0.3, -0.25) is 9.69 Å². The van der Waals surface area contributed by atoms with Gasteiger partial charge in [-0.15, -0.1) is 0 Å². The maximum Gasteiger partial charge on any atom is 0.270 e. The van der Waals surface area contributed by atoms with Crippen LogP contribution in [-0.2, 0) is 0 Å². The fourth-order valence-corrected chi connectivity index (χ4v) is 3.93. The Kier molecular flexibility index (Phi) is 4.03. The second kappa shape index (κ2) is 5.78. The number of hydrogen-bond acceptors (Lipinski definition) is 2. The molecule has 0 saturated carbocycles. The Morgan fingerprint density at radius 1 is 1.35 bits per heavy atom. The van der Waals surface area contributed by atoms with Crippen LogP contribution in [-0.4, -0.2) is 52.4 Å². The quantitative estimate of drug-likeness (QED) is 0.931. The van der Waals surface area contributed by atoms with Crippen molar-refractivity contribution in [1.29, 1.82) is 0 Å². The van der Waals surface area contributed by atoms with Gasteiger partial charge in [-0.1, -0.05) is 18.5 Å². The molecule has 0 aliphatic carbocycles. The van der Waals surface area contributed by atoms with E-state index in [0.717, 1.165) is 25.9 Å². The van der Waals surface area contributed by atoms with Crippen molar-refractivity contribution < 1.29 is 4.79 Å². The fourth-order valence-electron chi connectivity index (χ4n) is 3.77. The van der Waals surface area contributed by atoms with E-state index >= 15 is 0 Å². The van der Waals surface area contributed by atoms with Gasteiger partial charge in [0.05, 0.1) is 5.02 Å². The maximum atomic E-state index is 12.6. The molecule has 0 bridgehead atoms. The van der Waals surface area contributed by atoms with E-state index in [4.69, 9.17) is 11.6 Å². The zero-order valence-corrected chi connectivity index (χ0v) is 12.7. The summed E-state index contributed by atoms with van der Waals surface area (Å²) in [5.41, 5.74) is 0.614. The molecule has 0 spiro atoms. The molecule has 0 aromatic carbocycles. The molecular formula is C15H22ClN3O. The zero-order chi connectivity index (χ0) is 14.1. The first-order chi connectivity index (χ1) is 9.70. The van der Waals surface area contributed by atoms with Gasteiger partial charge in [0.2, 0.25) is 0 Å². The van der Waals surface area contributed by atoms with E-state index in [1.807, 2.05) is 0 Å². The Morgan fingerprint density at radius 2 is 2.10 bits per heavy atom. The summed E-state index contributed by atoms with van der Waals surface area (Å²) >= 11 is 5.91. The van der Waals surface area contributed by atoms with Crippen LogP contribution in [0, 0.1) is 0 Å². The Labute approximate surface area is 125 Å². The van der Waals surface area contributed by atoms with E-state index in [0.29, 0.717) is 22.8 Å². The molecule has 20 heavy (non-hydrogen) atoms. The molecule has 3 heterocycles. The number of carbonyl (C=O) groups excluding carboxylic acids is 1. The molecule has 2 atom stereocenters. The predicted octanol–water partition coefficient (Wildman–Crippen LogP) is 2.76. The van der Waals surface area contributed by atoms with Crippen LogP contribution in [0.1, 0.15) is 43.1 Å². The van der Waals surface area contributed by atoms with Crippen molar-refractivity contribution in [1.82, 2.24) is 14.8 Å². The Bertz CT molecular complexity index is 487. The molecule has 1 aromatic rings. The number of H-pyrrole nitrogens is 1. The van der Waals surface area contributed by atoms with Crippen molar-refractivity contribution >= 4 is 17.5 Å². The van der Waals surface area contributed by atoms with E-state index in [1.165, 1.54) is 19.4 Å². The van der Waals surface area contributed by atoms with E-state index in [9.17, 15) is 4.79 Å². The van der Waals surface area contributed by atoms with Gasteiger partial charge < -0.3 is 9.88 Å². The van der Waals surface area contributed by atoms with Crippen molar-refractivity contribution in [3.63, 3.8) is 0 Å². The van der Waals surface area contributed by atoms with Crippen LogP contribution in [0.5, 0.6) is 0 Å². The van der Waals surface area contributed by atoms with Gasteiger partial charge in [-0.25, -0.2) is 0 Å². The highest BCUT2D eigenvalue weighted by Gasteiger charge is 2.39. The normalized spacial score (nSPS) is 27.4. The highest BCUT2D eigenvalue weighted by molar-refractivity contribution is 6.30. The van der Waals surface area contributed by atoms with Crippen LogP contribution in [0.2, 0.25) is 5.02 Å². The van der Waals surface area contributed by atoms with Gasteiger partial charge in [0.1, 0.15) is 5.69 Å². The van der Waals surface area contributed by atoms with Gasteiger partial charge in [-0.2, -0.15) is 0 Å². The van der Waals surface area contributed by atoms with E-state index < -0.39 is 0 Å². The highest BCUT2D eigenvalue weighted by Crippen LogP contribution is 2.30. The van der Waals surface area contributed by atoms with Gasteiger partial charge >= 0.3 is 0 Å². The summed E-state index contributed by atoms with van der Waals surface area (Å²) in [6.07, 6.45) is 6.38. The average Bonchev–Trinajstić information content (AvgIpc) is 3.16. The number of hydrogen-bond donors (Lipinski definition) is 1. The van der Waals surface area contributed by atoms with Crippen LogP contribution in [0.25, 0.3) is 0 Å². The van der Waals surface area contributed by atoms with Crippen LogP contribution in [0.4, 0.5) is 0 Å². The first kappa shape index (κ1) is 14.0. The lowest BCUT2D eigenvalue weighted by Crippen LogP contribution is -2.48. The first-order valence-corrected chi connectivity index (χ1v) is 7.97. The number of aromatic nitrogens is 1. The highest BCUT2D eigenvalue weighted by atomic mass is 35.5. The number of likely N-dealkylation sites (N-methyl/N-ethyl adjacent to an activating group) is 1. The van der Waals surface area contributed by atoms with Crippen LogP contribution < -0.4 is 0 Å². The Morgan fingerprint density at radius 3 is 2.80 bits per heavy atom. The molecule has 2 saturated heterocycles. The molecule has 5 heteroatoms. The van der Waals surface area contributed by atoms with E-state index in [2.05, 4.69) is 21.7 Å². The molecule has 2 fully saturated rings. The zero-order valence-electron chi connectivity index (χ0n) is 11.9. The minimum atomic E-state index is 0.0994. The lowest BCUT2D eigenvalue weighted by atomic mass is 10.0. The Balaban J connectivity index is 1.77. The smallest absolute Gasteiger partial charge is 0.270 e. The fraction of sp³-hybridized carbons (Fsp3) is 0.667.